The third-order valence-corrected chi connectivity index (χ3v) is 2.78. The Kier molecular flexibility index (Phi) is 3.99. The highest BCUT2D eigenvalue weighted by molar-refractivity contribution is 5.29. The SMILES string of the molecule is COCCn1cc(C)nc1NCc1ccnn1C. The number of nitrogens with zero attached hydrogens (tertiary/aromatic N) is 4. The van der Waals surface area contributed by atoms with Crippen molar-refractivity contribution in [1.29, 1.82) is 0 Å². The van der Waals surface area contributed by atoms with Crippen LogP contribution in [0.3, 0.4) is 0 Å². The van der Waals surface area contributed by atoms with Gasteiger partial charge in [0.2, 0.25) is 5.95 Å². The fraction of sp³-hybridized carbons (Fsp3) is 0.500. The van der Waals surface area contributed by atoms with Gasteiger partial charge in [-0.2, -0.15) is 5.10 Å². The van der Waals surface area contributed by atoms with Crippen molar-refractivity contribution in [3.63, 3.8) is 0 Å². The first kappa shape index (κ1) is 12.6. The Labute approximate surface area is 107 Å². The zero-order chi connectivity index (χ0) is 13.0. The van der Waals surface area contributed by atoms with Gasteiger partial charge in [0.1, 0.15) is 0 Å². The number of imidazole rings is 1. The van der Waals surface area contributed by atoms with Crippen molar-refractivity contribution in [2.75, 3.05) is 19.0 Å². The molecular formula is C12H19N5O. The second-order valence-corrected chi connectivity index (χ2v) is 4.19. The van der Waals surface area contributed by atoms with Gasteiger partial charge in [0.15, 0.2) is 0 Å². The Hall–Kier alpha value is -1.82. The molecule has 6 nitrogen and oxygen atoms in total. The minimum absolute atomic E-state index is 0.677. The van der Waals surface area contributed by atoms with E-state index in [2.05, 4.69) is 20.0 Å². The Bertz CT molecular complexity index is 502. The van der Waals surface area contributed by atoms with Gasteiger partial charge < -0.3 is 14.6 Å². The van der Waals surface area contributed by atoms with Gasteiger partial charge in [-0.3, -0.25) is 4.68 Å². The molecule has 2 rings (SSSR count). The van der Waals surface area contributed by atoms with Crippen LogP contribution in [-0.2, 0) is 24.9 Å². The van der Waals surface area contributed by atoms with E-state index in [0.29, 0.717) is 13.2 Å². The molecule has 0 unspecified atom stereocenters. The van der Waals surface area contributed by atoms with Crippen LogP contribution >= 0.6 is 0 Å². The van der Waals surface area contributed by atoms with Crippen LogP contribution in [-0.4, -0.2) is 33.0 Å². The predicted molar refractivity (Wildman–Crippen MR) is 69.4 cm³/mol. The molecule has 0 aromatic carbocycles. The summed E-state index contributed by atoms with van der Waals surface area (Å²) in [6.07, 6.45) is 3.81. The summed E-state index contributed by atoms with van der Waals surface area (Å²) in [5.74, 6) is 0.866. The number of rotatable bonds is 6. The minimum Gasteiger partial charge on any atom is -0.383 e. The fourth-order valence-electron chi connectivity index (χ4n) is 1.79. The zero-order valence-electron chi connectivity index (χ0n) is 11.1. The van der Waals surface area contributed by atoms with Crippen LogP contribution in [0.1, 0.15) is 11.4 Å². The summed E-state index contributed by atoms with van der Waals surface area (Å²) in [5, 5.41) is 7.46. The fourth-order valence-corrected chi connectivity index (χ4v) is 1.79. The van der Waals surface area contributed by atoms with Crippen molar-refractivity contribution < 1.29 is 4.74 Å². The number of nitrogens with one attached hydrogen (secondary N) is 1. The average molecular weight is 249 g/mol. The van der Waals surface area contributed by atoms with Gasteiger partial charge in [0.05, 0.1) is 24.5 Å². The van der Waals surface area contributed by atoms with E-state index in [0.717, 1.165) is 23.9 Å². The first-order chi connectivity index (χ1) is 8.70. The van der Waals surface area contributed by atoms with Crippen LogP contribution in [0.4, 0.5) is 5.95 Å². The van der Waals surface area contributed by atoms with Gasteiger partial charge in [0.25, 0.3) is 0 Å². The van der Waals surface area contributed by atoms with Gasteiger partial charge in [0, 0.05) is 33.1 Å². The van der Waals surface area contributed by atoms with E-state index in [9.17, 15) is 0 Å². The van der Waals surface area contributed by atoms with Crippen molar-refractivity contribution in [3.8, 4) is 0 Å². The van der Waals surface area contributed by atoms with Crippen molar-refractivity contribution >= 4 is 5.95 Å². The second kappa shape index (κ2) is 5.68. The highest BCUT2D eigenvalue weighted by atomic mass is 16.5. The van der Waals surface area contributed by atoms with Crippen molar-refractivity contribution in [3.05, 3.63) is 29.8 Å². The van der Waals surface area contributed by atoms with E-state index in [1.54, 1.807) is 13.3 Å². The van der Waals surface area contributed by atoms with Gasteiger partial charge in [-0.05, 0) is 13.0 Å². The molecule has 98 valence electrons. The van der Waals surface area contributed by atoms with E-state index in [-0.39, 0.29) is 0 Å². The lowest BCUT2D eigenvalue weighted by atomic mass is 10.4. The topological polar surface area (TPSA) is 56.9 Å². The molecule has 0 aliphatic carbocycles. The maximum atomic E-state index is 5.09. The zero-order valence-corrected chi connectivity index (χ0v) is 11.1. The molecule has 1 N–H and O–H groups in total. The number of aromatic nitrogens is 4. The number of hydrogen-bond donors (Lipinski definition) is 1. The van der Waals surface area contributed by atoms with Crippen LogP contribution in [0.5, 0.6) is 0 Å². The smallest absolute Gasteiger partial charge is 0.203 e. The molecular weight excluding hydrogens is 230 g/mol. The molecule has 2 aromatic rings. The largest absolute Gasteiger partial charge is 0.383 e. The van der Waals surface area contributed by atoms with Gasteiger partial charge in [-0.1, -0.05) is 0 Å². The van der Waals surface area contributed by atoms with E-state index in [1.165, 1.54) is 0 Å². The number of hydrogen-bond acceptors (Lipinski definition) is 4. The quantitative estimate of drug-likeness (QED) is 0.835. The summed E-state index contributed by atoms with van der Waals surface area (Å²) in [5.41, 5.74) is 2.12. The third-order valence-electron chi connectivity index (χ3n) is 2.78. The molecule has 0 radical (unpaired) electrons. The van der Waals surface area contributed by atoms with Crippen LogP contribution < -0.4 is 5.32 Å². The molecule has 0 aliphatic heterocycles. The van der Waals surface area contributed by atoms with Crippen molar-refractivity contribution in [2.24, 2.45) is 7.05 Å². The number of anilines is 1. The monoisotopic (exact) mass is 249 g/mol. The lowest BCUT2D eigenvalue weighted by molar-refractivity contribution is 0.187. The summed E-state index contributed by atoms with van der Waals surface area (Å²) >= 11 is 0. The van der Waals surface area contributed by atoms with Gasteiger partial charge in [-0.15, -0.1) is 0 Å². The van der Waals surface area contributed by atoms with Crippen LogP contribution in [0.25, 0.3) is 0 Å². The molecule has 0 bridgehead atoms. The highest BCUT2D eigenvalue weighted by Crippen LogP contribution is 2.10. The van der Waals surface area contributed by atoms with Crippen LogP contribution in [0, 0.1) is 6.92 Å². The van der Waals surface area contributed by atoms with Gasteiger partial charge >= 0.3 is 0 Å². The minimum atomic E-state index is 0.677. The Balaban J connectivity index is 2.02. The lowest BCUT2D eigenvalue weighted by Gasteiger charge is -2.09. The molecule has 0 saturated heterocycles. The molecule has 18 heavy (non-hydrogen) atoms. The molecule has 6 heteroatoms. The summed E-state index contributed by atoms with van der Waals surface area (Å²) in [7, 11) is 3.63. The van der Waals surface area contributed by atoms with Gasteiger partial charge in [-0.25, -0.2) is 4.98 Å². The Morgan fingerprint density at radius 1 is 1.44 bits per heavy atom. The van der Waals surface area contributed by atoms with E-state index >= 15 is 0 Å². The molecule has 0 spiro atoms. The summed E-state index contributed by atoms with van der Waals surface area (Å²) in [6, 6.07) is 1.99. The maximum absolute atomic E-state index is 5.09. The number of ether oxygens (including phenoxy) is 1. The Morgan fingerprint density at radius 3 is 2.94 bits per heavy atom. The molecule has 2 aromatic heterocycles. The normalized spacial score (nSPS) is 10.8. The van der Waals surface area contributed by atoms with E-state index in [4.69, 9.17) is 4.74 Å². The first-order valence-electron chi connectivity index (χ1n) is 5.94. The average Bonchev–Trinajstić information content (AvgIpc) is 2.90. The summed E-state index contributed by atoms with van der Waals surface area (Å²) in [6.45, 7) is 4.17. The Morgan fingerprint density at radius 2 is 2.28 bits per heavy atom. The first-order valence-corrected chi connectivity index (χ1v) is 5.94. The second-order valence-electron chi connectivity index (χ2n) is 4.19. The molecule has 0 aliphatic rings. The molecule has 0 atom stereocenters. The summed E-state index contributed by atoms with van der Waals surface area (Å²) < 4.78 is 9.00. The van der Waals surface area contributed by atoms with Crippen LogP contribution in [0.15, 0.2) is 18.5 Å². The van der Waals surface area contributed by atoms with Crippen LogP contribution in [0.2, 0.25) is 0 Å². The van der Waals surface area contributed by atoms with Crippen molar-refractivity contribution in [1.82, 2.24) is 19.3 Å². The number of methoxy groups -OCH3 is 1. The van der Waals surface area contributed by atoms with Crippen molar-refractivity contribution in [2.45, 2.75) is 20.0 Å². The third kappa shape index (κ3) is 2.89. The predicted octanol–water partition coefficient (Wildman–Crippen LogP) is 1.18. The highest BCUT2D eigenvalue weighted by Gasteiger charge is 2.06. The van der Waals surface area contributed by atoms with E-state index in [1.807, 2.05) is 30.9 Å². The molecule has 0 saturated carbocycles. The van der Waals surface area contributed by atoms with E-state index < -0.39 is 0 Å². The molecule has 0 fully saturated rings. The summed E-state index contributed by atoms with van der Waals surface area (Å²) in [4.78, 5) is 4.46. The maximum Gasteiger partial charge on any atom is 0.203 e. The molecule has 2 heterocycles. The standard InChI is InChI=1S/C12H19N5O/c1-10-9-17(6-7-18-3)12(15-10)13-8-11-4-5-14-16(11)2/h4-5,9H,6-8H2,1-3H3,(H,13,15). The number of aryl methyl sites for hydroxylation is 2. The molecule has 0 amide bonds. The lowest BCUT2D eigenvalue weighted by Crippen LogP contribution is -2.11.